The van der Waals surface area contributed by atoms with Gasteiger partial charge in [-0.15, -0.1) is 0 Å². The molecule has 2 nitrogen and oxygen atoms in total. The number of nitrogens with zero attached hydrogens (tertiary/aromatic N) is 1. The lowest BCUT2D eigenvalue weighted by Gasteiger charge is -2.04. The van der Waals surface area contributed by atoms with Crippen LogP contribution in [0, 0.1) is 6.92 Å². The molecule has 2 aromatic rings. The van der Waals surface area contributed by atoms with Crippen LogP contribution < -0.4 is 4.74 Å². The highest BCUT2D eigenvalue weighted by atomic mass is 16.5. The molecule has 2 rings (SSSR count). The van der Waals surface area contributed by atoms with Gasteiger partial charge in [-0.1, -0.05) is 17.7 Å². The fourth-order valence-corrected chi connectivity index (χ4v) is 1.15. The van der Waals surface area contributed by atoms with E-state index in [1.807, 2.05) is 36.4 Å². The maximum atomic E-state index is 5.59. The van der Waals surface area contributed by atoms with Gasteiger partial charge in [0.2, 0.25) is 0 Å². The monoisotopic (exact) mass is 185 g/mol. The zero-order valence-corrected chi connectivity index (χ0v) is 7.97. The van der Waals surface area contributed by atoms with Crippen molar-refractivity contribution < 1.29 is 4.74 Å². The highest BCUT2D eigenvalue weighted by molar-refractivity contribution is 5.31. The van der Waals surface area contributed by atoms with Crippen LogP contribution in [0.4, 0.5) is 0 Å². The molecule has 0 aliphatic carbocycles. The first-order valence-corrected chi connectivity index (χ1v) is 4.49. The SMILES string of the molecule is Cc1ccc(Oc2ccncc2)cc1. The quantitative estimate of drug-likeness (QED) is 0.716. The van der Waals surface area contributed by atoms with Crippen molar-refractivity contribution in [3.05, 3.63) is 54.4 Å². The Morgan fingerprint density at radius 3 is 2.07 bits per heavy atom. The number of pyridine rings is 1. The van der Waals surface area contributed by atoms with Crippen molar-refractivity contribution >= 4 is 0 Å². The minimum atomic E-state index is 0.809. The van der Waals surface area contributed by atoms with Crippen LogP contribution in [0.1, 0.15) is 5.56 Å². The Labute approximate surface area is 83.2 Å². The van der Waals surface area contributed by atoms with Gasteiger partial charge in [-0.25, -0.2) is 0 Å². The van der Waals surface area contributed by atoms with Gasteiger partial charge in [0.15, 0.2) is 0 Å². The van der Waals surface area contributed by atoms with Crippen LogP contribution in [0.25, 0.3) is 0 Å². The molecule has 0 amide bonds. The molecule has 70 valence electrons. The molecule has 0 aliphatic rings. The van der Waals surface area contributed by atoms with Gasteiger partial charge in [0.1, 0.15) is 11.5 Å². The van der Waals surface area contributed by atoms with Crippen LogP contribution in [0.5, 0.6) is 11.5 Å². The van der Waals surface area contributed by atoms with Crippen molar-refractivity contribution in [1.82, 2.24) is 4.98 Å². The lowest BCUT2D eigenvalue weighted by molar-refractivity contribution is 0.482. The van der Waals surface area contributed by atoms with Gasteiger partial charge >= 0.3 is 0 Å². The van der Waals surface area contributed by atoms with E-state index >= 15 is 0 Å². The van der Waals surface area contributed by atoms with Crippen molar-refractivity contribution in [3.63, 3.8) is 0 Å². The zero-order chi connectivity index (χ0) is 9.80. The van der Waals surface area contributed by atoms with E-state index < -0.39 is 0 Å². The molecule has 0 N–H and O–H groups in total. The summed E-state index contributed by atoms with van der Waals surface area (Å²) >= 11 is 0. The highest BCUT2D eigenvalue weighted by Gasteiger charge is 1.94. The van der Waals surface area contributed by atoms with E-state index in [0.717, 1.165) is 11.5 Å². The van der Waals surface area contributed by atoms with Crippen LogP contribution in [-0.4, -0.2) is 4.98 Å². The Bertz CT molecular complexity index is 394. The van der Waals surface area contributed by atoms with E-state index in [4.69, 9.17) is 4.74 Å². The maximum absolute atomic E-state index is 5.59. The van der Waals surface area contributed by atoms with Gasteiger partial charge in [0.25, 0.3) is 0 Å². The van der Waals surface area contributed by atoms with Crippen LogP contribution in [0.2, 0.25) is 0 Å². The largest absolute Gasteiger partial charge is 0.457 e. The maximum Gasteiger partial charge on any atom is 0.130 e. The summed E-state index contributed by atoms with van der Waals surface area (Å²) in [5.74, 6) is 1.66. The summed E-state index contributed by atoms with van der Waals surface area (Å²) in [6.07, 6.45) is 3.42. The van der Waals surface area contributed by atoms with Crippen molar-refractivity contribution in [2.75, 3.05) is 0 Å². The van der Waals surface area contributed by atoms with Crippen LogP contribution in [0.15, 0.2) is 48.8 Å². The van der Waals surface area contributed by atoms with E-state index in [2.05, 4.69) is 11.9 Å². The Kier molecular flexibility index (Phi) is 2.45. The van der Waals surface area contributed by atoms with E-state index in [1.165, 1.54) is 5.56 Å². The number of hydrogen-bond donors (Lipinski definition) is 0. The van der Waals surface area contributed by atoms with Gasteiger partial charge in [0, 0.05) is 12.4 Å². The first-order chi connectivity index (χ1) is 6.84. The predicted molar refractivity (Wildman–Crippen MR) is 55.5 cm³/mol. The Balaban J connectivity index is 2.16. The van der Waals surface area contributed by atoms with E-state index in [0.29, 0.717) is 0 Å². The molecule has 0 fully saturated rings. The van der Waals surface area contributed by atoms with Gasteiger partial charge in [-0.2, -0.15) is 0 Å². The minimum Gasteiger partial charge on any atom is -0.457 e. The molecule has 0 radical (unpaired) electrons. The minimum absolute atomic E-state index is 0.809. The molecule has 1 aromatic heterocycles. The third-order valence-electron chi connectivity index (χ3n) is 1.91. The lowest BCUT2D eigenvalue weighted by Crippen LogP contribution is -1.83. The average molecular weight is 185 g/mol. The number of benzene rings is 1. The van der Waals surface area contributed by atoms with E-state index in [9.17, 15) is 0 Å². The molecule has 1 aromatic carbocycles. The van der Waals surface area contributed by atoms with E-state index in [-0.39, 0.29) is 0 Å². The van der Waals surface area contributed by atoms with Crippen LogP contribution >= 0.6 is 0 Å². The van der Waals surface area contributed by atoms with Crippen LogP contribution in [-0.2, 0) is 0 Å². The van der Waals surface area contributed by atoms with Crippen molar-refractivity contribution in [3.8, 4) is 11.5 Å². The second kappa shape index (κ2) is 3.92. The molecule has 0 saturated carbocycles. The normalized spacial score (nSPS) is 9.79. The number of aryl methyl sites for hydroxylation is 1. The molecule has 0 bridgehead atoms. The summed E-state index contributed by atoms with van der Waals surface area (Å²) in [7, 11) is 0. The Morgan fingerprint density at radius 1 is 0.857 bits per heavy atom. The lowest BCUT2D eigenvalue weighted by atomic mass is 10.2. The molecule has 0 atom stereocenters. The number of rotatable bonds is 2. The topological polar surface area (TPSA) is 22.1 Å². The molecule has 0 unspecified atom stereocenters. The first-order valence-electron chi connectivity index (χ1n) is 4.49. The molecule has 0 spiro atoms. The third kappa shape index (κ3) is 2.10. The van der Waals surface area contributed by atoms with Gasteiger partial charge in [0.05, 0.1) is 0 Å². The van der Waals surface area contributed by atoms with Crippen molar-refractivity contribution in [1.29, 1.82) is 0 Å². The first kappa shape index (κ1) is 8.75. The van der Waals surface area contributed by atoms with Crippen LogP contribution in [0.3, 0.4) is 0 Å². The summed E-state index contributed by atoms with van der Waals surface area (Å²) in [4.78, 5) is 3.92. The number of hydrogen-bond acceptors (Lipinski definition) is 2. The summed E-state index contributed by atoms with van der Waals surface area (Å²) in [6, 6.07) is 11.6. The smallest absolute Gasteiger partial charge is 0.130 e. The fraction of sp³-hybridized carbons (Fsp3) is 0.0833. The summed E-state index contributed by atoms with van der Waals surface area (Å²) in [5, 5.41) is 0. The second-order valence-corrected chi connectivity index (χ2v) is 3.10. The summed E-state index contributed by atoms with van der Waals surface area (Å²) in [5.41, 5.74) is 1.23. The van der Waals surface area contributed by atoms with Gasteiger partial charge in [-0.05, 0) is 31.2 Å². The molecule has 0 aliphatic heterocycles. The molecule has 14 heavy (non-hydrogen) atoms. The number of ether oxygens (including phenoxy) is 1. The second-order valence-electron chi connectivity index (χ2n) is 3.10. The standard InChI is InChI=1S/C12H11NO/c1-10-2-4-11(5-3-10)14-12-6-8-13-9-7-12/h2-9H,1H3. The van der Waals surface area contributed by atoms with E-state index in [1.54, 1.807) is 12.4 Å². The molecule has 0 saturated heterocycles. The molecular formula is C12H11NO. The van der Waals surface area contributed by atoms with Crippen molar-refractivity contribution in [2.24, 2.45) is 0 Å². The summed E-state index contributed by atoms with van der Waals surface area (Å²) in [6.45, 7) is 2.05. The van der Waals surface area contributed by atoms with Crippen molar-refractivity contribution in [2.45, 2.75) is 6.92 Å². The third-order valence-corrected chi connectivity index (χ3v) is 1.91. The highest BCUT2D eigenvalue weighted by Crippen LogP contribution is 2.20. The van der Waals surface area contributed by atoms with Gasteiger partial charge in [-0.3, -0.25) is 4.98 Å². The average Bonchev–Trinajstić information content (AvgIpc) is 2.23. The zero-order valence-electron chi connectivity index (χ0n) is 7.97. The molecule has 1 heterocycles. The van der Waals surface area contributed by atoms with Gasteiger partial charge < -0.3 is 4.74 Å². The molecular weight excluding hydrogens is 174 g/mol. The summed E-state index contributed by atoms with van der Waals surface area (Å²) < 4.78 is 5.59. The predicted octanol–water partition coefficient (Wildman–Crippen LogP) is 3.18. The Hall–Kier alpha value is -1.83. The fourth-order valence-electron chi connectivity index (χ4n) is 1.15. The Morgan fingerprint density at radius 2 is 1.43 bits per heavy atom. The number of aromatic nitrogens is 1. The molecule has 2 heteroatoms.